The van der Waals surface area contributed by atoms with Crippen LogP contribution >= 0.6 is 11.3 Å². The number of thiophene rings is 1. The van der Waals surface area contributed by atoms with Crippen molar-refractivity contribution >= 4 is 38.6 Å². The molecule has 3 rings (SSSR count). The third-order valence-corrected chi connectivity index (χ3v) is 7.52. The zero-order chi connectivity index (χ0) is 19.4. The molecule has 0 bridgehead atoms. The molecule has 0 unspecified atom stereocenters. The molecule has 1 fully saturated rings. The van der Waals surface area contributed by atoms with Crippen molar-refractivity contribution in [2.24, 2.45) is 0 Å². The summed E-state index contributed by atoms with van der Waals surface area (Å²) in [6, 6.07) is 6.80. The number of sulfonamides is 1. The molecule has 0 atom stereocenters. The Balaban J connectivity index is 2.00. The molecule has 8 heteroatoms. The topological polar surface area (TPSA) is 69.7 Å². The van der Waals surface area contributed by atoms with Crippen LogP contribution in [-0.4, -0.2) is 44.8 Å². The second-order valence-electron chi connectivity index (χ2n) is 6.43. The van der Waals surface area contributed by atoms with E-state index in [9.17, 15) is 13.2 Å². The molecule has 1 aromatic heterocycles. The number of anilines is 2. The third-order valence-electron chi connectivity index (χ3n) is 4.79. The van der Waals surface area contributed by atoms with Crippen LogP contribution in [0.2, 0.25) is 0 Å². The second kappa shape index (κ2) is 8.41. The molecule has 2 aromatic rings. The number of hydrogen-bond acceptors (Lipinski definition) is 5. The van der Waals surface area contributed by atoms with Crippen LogP contribution in [0.3, 0.4) is 0 Å². The van der Waals surface area contributed by atoms with E-state index in [0.717, 1.165) is 31.6 Å². The van der Waals surface area contributed by atoms with Gasteiger partial charge < -0.3 is 10.2 Å². The molecule has 146 valence electrons. The van der Waals surface area contributed by atoms with Gasteiger partial charge in [0.15, 0.2) is 0 Å². The molecule has 0 radical (unpaired) electrons. The predicted molar refractivity (Wildman–Crippen MR) is 110 cm³/mol. The summed E-state index contributed by atoms with van der Waals surface area (Å²) in [5, 5.41) is 6.54. The Kier molecular flexibility index (Phi) is 6.18. The highest BCUT2D eigenvalue weighted by atomic mass is 32.2. The van der Waals surface area contributed by atoms with E-state index in [1.165, 1.54) is 15.6 Å². The van der Waals surface area contributed by atoms with E-state index < -0.39 is 10.0 Å². The first-order valence-corrected chi connectivity index (χ1v) is 11.6. The largest absolute Gasteiger partial charge is 0.370 e. The van der Waals surface area contributed by atoms with Crippen molar-refractivity contribution in [2.75, 3.05) is 36.4 Å². The highest BCUT2D eigenvalue weighted by molar-refractivity contribution is 7.89. The first kappa shape index (κ1) is 19.9. The minimum Gasteiger partial charge on any atom is -0.370 e. The minimum absolute atomic E-state index is 0.203. The molecule has 27 heavy (non-hydrogen) atoms. The lowest BCUT2D eigenvalue weighted by atomic mass is 10.2. The van der Waals surface area contributed by atoms with Crippen LogP contribution in [-0.2, 0) is 10.0 Å². The van der Waals surface area contributed by atoms with Gasteiger partial charge in [0.05, 0.1) is 21.8 Å². The Hall–Kier alpha value is -1.90. The normalized spacial score (nSPS) is 14.7. The van der Waals surface area contributed by atoms with Gasteiger partial charge in [0, 0.05) is 31.6 Å². The summed E-state index contributed by atoms with van der Waals surface area (Å²) >= 11 is 1.45. The van der Waals surface area contributed by atoms with Crippen molar-refractivity contribution in [1.82, 2.24) is 4.31 Å². The van der Waals surface area contributed by atoms with Crippen molar-refractivity contribution in [3.8, 4) is 0 Å². The third kappa shape index (κ3) is 4.17. The van der Waals surface area contributed by atoms with Gasteiger partial charge >= 0.3 is 0 Å². The first-order valence-electron chi connectivity index (χ1n) is 9.20. The zero-order valence-electron chi connectivity index (χ0n) is 15.6. The van der Waals surface area contributed by atoms with Crippen LogP contribution in [0, 0.1) is 0 Å². The van der Waals surface area contributed by atoms with Gasteiger partial charge in [0.25, 0.3) is 5.91 Å². The van der Waals surface area contributed by atoms with E-state index >= 15 is 0 Å². The van der Waals surface area contributed by atoms with Gasteiger partial charge in [-0.05, 0) is 42.5 Å². The van der Waals surface area contributed by atoms with Gasteiger partial charge in [-0.1, -0.05) is 13.8 Å². The number of nitrogens with zero attached hydrogens (tertiary/aromatic N) is 2. The summed E-state index contributed by atoms with van der Waals surface area (Å²) < 4.78 is 27.2. The number of nitrogens with one attached hydrogen (secondary N) is 1. The van der Waals surface area contributed by atoms with E-state index in [1.54, 1.807) is 23.6 Å². The van der Waals surface area contributed by atoms with Gasteiger partial charge in [-0.3, -0.25) is 4.79 Å². The van der Waals surface area contributed by atoms with E-state index in [1.807, 2.05) is 25.3 Å². The predicted octanol–water partition coefficient (Wildman–Crippen LogP) is 3.63. The number of carbonyl (C=O) groups excluding carboxylic acids is 1. The first-order chi connectivity index (χ1) is 13.0. The molecular formula is C19H25N3O3S2. The fraction of sp³-hybridized carbons (Fsp3) is 0.421. The van der Waals surface area contributed by atoms with E-state index in [0.29, 0.717) is 24.3 Å². The fourth-order valence-electron chi connectivity index (χ4n) is 3.31. The maximum atomic E-state index is 12.9. The number of rotatable bonds is 7. The molecule has 6 nitrogen and oxygen atoms in total. The summed E-state index contributed by atoms with van der Waals surface area (Å²) in [7, 11) is -3.59. The molecule has 1 aliphatic heterocycles. The Labute approximate surface area is 164 Å². The molecule has 1 saturated heterocycles. The maximum absolute atomic E-state index is 12.9. The quantitative estimate of drug-likeness (QED) is 0.761. The summed E-state index contributed by atoms with van der Waals surface area (Å²) in [4.78, 5) is 15.0. The van der Waals surface area contributed by atoms with Crippen LogP contribution < -0.4 is 10.2 Å². The fourth-order valence-corrected chi connectivity index (χ4v) is 5.43. The van der Waals surface area contributed by atoms with E-state index in [-0.39, 0.29) is 10.8 Å². The Morgan fingerprint density at radius 3 is 2.48 bits per heavy atom. The number of amides is 1. The molecule has 2 heterocycles. The van der Waals surface area contributed by atoms with Crippen LogP contribution in [0.5, 0.6) is 0 Å². The van der Waals surface area contributed by atoms with Crippen LogP contribution in [0.15, 0.2) is 39.9 Å². The SMILES string of the molecule is CCN(CC)S(=O)(=O)c1ccc(N2CCCC2)c(NC(=O)c2ccsc2)c1. The maximum Gasteiger partial charge on any atom is 0.256 e. The van der Waals surface area contributed by atoms with Crippen molar-refractivity contribution in [3.63, 3.8) is 0 Å². The van der Waals surface area contributed by atoms with Crippen molar-refractivity contribution in [2.45, 2.75) is 31.6 Å². The van der Waals surface area contributed by atoms with Gasteiger partial charge in [-0.25, -0.2) is 8.42 Å². The van der Waals surface area contributed by atoms with Crippen LogP contribution in [0.25, 0.3) is 0 Å². The molecule has 0 spiro atoms. The van der Waals surface area contributed by atoms with E-state index in [4.69, 9.17) is 0 Å². The number of hydrogen-bond donors (Lipinski definition) is 1. The number of benzene rings is 1. The van der Waals surface area contributed by atoms with Gasteiger partial charge in [0.2, 0.25) is 10.0 Å². The van der Waals surface area contributed by atoms with Crippen LogP contribution in [0.1, 0.15) is 37.0 Å². The Morgan fingerprint density at radius 2 is 1.89 bits per heavy atom. The Morgan fingerprint density at radius 1 is 1.19 bits per heavy atom. The summed E-state index contributed by atoms with van der Waals surface area (Å²) in [6.45, 7) is 6.26. The highest BCUT2D eigenvalue weighted by Gasteiger charge is 2.25. The highest BCUT2D eigenvalue weighted by Crippen LogP contribution is 2.32. The molecule has 0 saturated carbocycles. The molecular weight excluding hydrogens is 382 g/mol. The van der Waals surface area contributed by atoms with E-state index in [2.05, 4.69) is 10.2 Å². The van der Waals surface area contributed by atoms with Gasteiger partial charge in [0.1, 0.15) is 0 Å². The number of carbonyl (C=O) groups is 1. The van der Waals surface area contributed by atoms with Gasteiger partial charge in [-0.15, -0.1) is 0 Å². The molecule has 1 N–H and O–H groups in total. The average molecular weight is 408 g/mol. The molecule has 1 aromatic carbocycles. The Bertz CT molecular complexity index is 885. The monoisotopic (exact) mass is 407 g/mol. The summed E-state index contributed by atoms with van der Waals surface area (Å²) in [5.41, 5.74) is 1.99. The second-order valence-corrected chi connectivity index (χ2v) is 9.15. The molecule has 1 amide bonds. The van der Waals surface area contributed by atoms with Crippen LogP contribution in [0.4, 0.5) is 11.4 Å². The standard InChI is InChI=1S/C19H25N3O3S2/c1-3-22(4-2)27(24,25)16-7-8-18(21-10-5-6-11-21)17(13-16)20-19(23)15-9-12-26-14-15/h7-9,12-14H,3-6,10-11H2,1-2H3,(H,20,23). The molecule has 1 aliphatic rings. The van der Waals surface area contributed by atoms with Crippen molar-refractivity contribution in [1.29, 1.82) is 0 Å². The zero-order valence-corrected chi connectivity index (χ0v) is 17.3. The lowest BCUT2D eigenvalue weighted by molar-refractivity contribution is 0.102. The average Bonchev–Trinajstić information content (AvgIpc) is 3.36. The summed E-state index contributed by atoms with van der Waals surface area (Å²) in [5.74, 6) is -0.228. The minimum atomic E-state index is -3.59. The molecule has 0 aliphatic carbocycles. The van der Waals surface area contributed by atoms with Gasteiger partial charge in [-0.2, -0.15) is 15.6 Å². The van der Waals surface area contributed by atoms with Crippen molar-refractivity contribution < 1.29 is 13.2 Å². The summed E-state index contributed by atoms with van der Waals surface area (Å²) in [6.07, 6.45) is 2.19. The lowest BCUT2D eigenvalue weighted by Crippen LogP contribution is -2.31. The smallest absolute Gasteiger partial charge is 0.256 e. The lowest BCUT2D eigenvalue weighted by Gasteiger charge is -2.24. The van der Waals surface area contributed by atoms with Crippen molar-refractivity contribution in [3.05, 3.63) is 40.6 Å².